The van der Waals surface area contributed by atoms with Crippen LogP contribution in [0.2, 0.25) is 10.0 Å². The predicted octanol–water partition coefficient (Wildman–Crippen LogP) is 5.15. The van der Waals surface area contributed by atoms with Gasteiger partial charge in [-0.05, 0) is 67.8 Å². The molecule has 1 aliphatic heterocycles. The molecule has 0 bridgehead atoms. The third-order valence-corrected chi connectivity index (χ3v) is 5.13. The summed E-state index contributed by atoms with van der Waals surface area (Å²) in [4.78, 5) is 15.0. The highest BCUT2D eigenvalue weighted by Crippen LogP contribution is 2.24. The molecular weight excluding hydrogens is 355 g/mol. The Balaban J connectivity index is 1.60. The van der Waals surface area contributed by atoms with Crippen LogP contribution >= 0.6 is 23.2 Å². The number of amides is 1. The van der Waals surface area contributed by atoms with Gasteiger partial charge in [-0.25, -0.2) is 0 Å². The van der Waals surface area contributed by atoms with Gasteiger partial charge in [-0.15, -0.1) is 0 Å². The van der Waals surface area contributed by atoms with E-state index in [1.165, 1.54) is 5.56 Å². The van der Waals surface area contributed by atoms with Crippen molar-refractivity contribution in [3.05, 3.63) is 63.6 Å². The van der Waals surface area contributed by atoms with E-state index in [1.54, 1.807) is 6.07 Å². The Morgan fingerprint density at radius 1 is 1.16 bits per heavy atom. The number of hydrogen-bond donors (Lipinski definition) is 1. The average molecular weight is 377 g/mol. The van der Waals surface area contributed by atoms with Crippen molar-refractivity contribution in [2.75, 3.05) is 18.4 Å². The zero-order valence-corrected chi connectivity index (χ0v) is 15.8. The number of rotatable bonds is 4. The molecule has 0 aromatic heterocycles. The van der Waals surface area contributed by atoms with Crippen LogP contribution in [0.25, 0.3) is 0 Å². The average Bonchev–Trinajstić information content (AvgIpc) is 2.60. The van der Waals surface area contributed by atoms with Gasteiger partial charge < -0.3 is 5.32 Å². The molecule has 1 N–H and O–H groups in total. The molecule has 3 rings (SSSR count). The Kier molecular flexibility index (Phi) is 6.00. The molecule has 1 aliphatic rings. The molecule has 2 aromatic rings. The summed E-state index contributed by atoms with van der Waals surface area (Å²) < 4.78 is 0. The lowest BCUT2D eigenvalue weighted by molar-refractivity contribution is -0.121. The van der Waals surface area contributed by atoms with Gasteiger partial charge in [0.25, 0.3) is 0 Å². The third kappa shape index (κ3) is 4.97. The van der Waals surface area contributed by atoms with Crippen molar-refractivity contribution in [3.63, 3.8) is 0 Å². The number of nitrogens with zero attached hydrogens (tertiary/aromatic N) is 1. The predicted molar refractivity (Wildman–Crippen MR) is 104 cm³/mol. The third-order valence-electron chi connectivity index (χ3n) is 4.64. The second-order valence-corrected chi connectivity index (χ2v) is 7.52. The lowest BCUT2D eigenvalue weighted by atomic mass is 9.96. The number of hydrogen-bond acceptors (Lipinski definition) is 2. The minimum absolute atomic E-state index is 0.0103. The highest BCUT2D eigenvalue weighted by atomic mass is 35.5. The highest BCUT2D eigenvalue weighted by Gasteiger charge is 2.26. The number of aryl methyl sites for hydroxylation is 1. The Bertz CT molecular complexity index is 746. The number of halogens is 2. The molecule has 3 nitrogen and oxygen atoms in total. The number of nitrogens with one attached hydrogen (secondary N) is 1. The minimum Gasteiger partial charge on any atom is -0.326 e. The maximum absolute atomic E-state index is 12.7. The fourth-order valence-corrected chi connectivity index (χ4v) is 3.62. The van der Waals surface area contributed by atoms with Crippen LogP contribution in [0.5, 0.6) is 0 Å². The zero-order chi connectivity index (χ0) is 17.8. The van der Waals surface area contributed by atoms with E-state index in [9.17, 15) is 4.79 Å². The standard InChI is InChI=1S/C20H22Cl2N2O/c1-14-11-18(22)8-9-19(14)23-20(25)16-3-2-10-24(13-16)12-15-4-6-17(21)7-5-15/h4-9,11,16H,2-3,10,12-13H2,1H3,(H,23,25). The minimum atomic E-state index is 0.0103. The van der Waals surface area contributed by atoms with Gasteiger partial charge in [-0.3, -0.25) is 9.69 Å². The first kappa shape index (κ1) is 18.2. The van der Waals surface area contributed by atoms with Crippen molar-refractivity contribution in [1.82, 2.24) is 4.90 Å². The van der Waals surface area contributed by atoms with E-state index in [-0.39, 0.29) is 11.8 Å². The quantitative estimate of drug-likeness (QED) is 0.799. The molecule has 5 heteroatoms. The van der Waals surface area contributed by atoms with Crippen LogP contribution in [-0.2, 0) is 11.3 Å². The Labute approximate surface area is 158 Å². The van der Waals surface area contributed by atoms with Gasteiger partial charge in [0, 0.05) is 28.8 Å². The SMILES string of the molecule is Cc1cc(Cl)ccc1NC(=O)C1CCCN(Cc2ccc(Cl)cc2)C1. The van der Waals surface area contributed by atoms with Gasteiger partial charge >= 0.3 is 0 Å². The van der Waals surface area contributed by atoms with Crippen molar-refractivity contribution < 1.29 is 4.79 Å². The van der Waals surface area contributed by atoms with Gasteiger partial charge in [0.15, 0.2) is 0 Å². The summed E-state index contributed by atoms with van der Waals surface area (Å²) >= 11 is 11.9. The van der Waals surface area contributed by atoms with E-state index >= 15 is 0 Å². The summed E-state index contributed by atoms with van der Waals surface area (Å²) in [5.41, 5.74) is 3.04. The van der Waals surface area contributed by atoms with Crippen molar-refractivity contribution in [3.8, 4) is 0 Å². The van der Waals surface area contributed by atoms with Crippen LogP contribution in [0.4, 0.5) is 5.69 Å². The fraction of sp³-hybridized carbons (Fsp3) is 0.350. The van der Waals surface area contributed by atoms with E-state index in [2.05, 4.69) is 10.2 Å². The summed E-state index contributed by atoms with van der Waals surface area (Å²) in [6, 6.07) is 13.4. The monoisotopic (exact) mass is 376 g/mol. The topological polar surface area (TPSA) is 32.3 Å². The maximum atomic E-state index is 12.7. The summed E-state index contributed by atoms with van der Waals surface area (Å²) in [7, 11) is 0. The van der Waals surface area contributed by atoms with Crippen molar-refractivity contribution in [2.24, 2.45) is 5.92 Å². The van der Waals surface area contributed by atoms with E-state index in [0.29, 0.717) is 5.02 Å². The number of carbonyl (C=O) groups is 1. The van der Waals surface area contributed by atoms with E-state index < -0.39 is 0 Å². The first-order valence-corrected chi connectivity index (χ1v) is 9.30. The molecule has 0 aliphatic carbocycles. The largest absolute Gasteiger partial charge is 0.326 e. The zero-order valence-electron chi connectivity index (χ0n) is 14.3. The van der Waals surface area contributed by atoms with Crippen molar-refractivity contribution in [1.29, 1.82) is 0 Å². The summed E-state index contributed by atoms with van der Waals surface area (Å²) in [5.74, 6) is 0.0994. The lowest BCUT2D eigenvalue weighted by Gasteiger charge is -2.32. The second kappa shape index (κ2) is 8.22. The molecule has 0 spiro atoms. The second-order valence-electron chi connectivity index (χ2n) is 6.65. The summed E-state index contributed by atoms with van der Waals surface area (Å²) in [6.45, 7) is 4.60. The molecular formula is C20H22Cl2N2O. The molecule has 1 saturated heterocycles. The van der Waals surface area contributed by atoms with Crippen LogP contribution in [0.3, 0.4) is 0 Å². The number of likely N-dealkylation sites (tertiary alicyclic amines) is 1. The molecule has 132 valence electrons. The Morgan fingerprint density at radius 3 is 2.60 bits per heavy atom. The van der Waals surface area contributed by atoms with Crippen molar-refractivity contribution in [2.45, 2.75) is 26.3 Å². The van der Waals surface area contributed by atoms with Gasteiger partial charge in [-0.1, -0.05) is 35.3 Å². The van der Waals surface area contributed by atoms with Gasteiger partial charge in [-0.2, -0.15) is 0 Å². The summed E-state index contributed by atoms with van der Waals surface area (Å²) in [6.07, 6.45) is 1.96. The van der Waals surface area contributed by atoms with E-state index in [0.717, 1.165) is 48.7 Å². The van der Waals surface area contributed by atoms with Crippen molar-refractivity contribution >= 4 is 34.8 Å². The number of benzene rings is 2. The summed E-state index contributed by atoms with van der Waals surface area (Å²) in [5, 5.41) is 4.49. The van der Waals surface area contributed by atoms with Crippen LogP contribution in [0.15, 0.2) is 42.5 Å². The molecule has 1 heterocycles. The first-order valence-electron chi connectivity index (χ1n) is 8.55. The van der Waals surface area contributed by atoms with E-state index in [1.807, 2.05) is 43.3 Å². The molecule has 25 heavy (non-hydrogen) atoms. The number of piperidine rings is 1. The Morgan fingerprint density at radius 2 is 1.88 bits per heavy atom. The smallest absolute Gasteiger partial charge is 0.228 e. The van der Waals surface area contributed by atoms with E-state index in [4.69, 9.17) is 23.2 Å². The van der Waals surface area contributed by atoms with Crippen LogP contribution in [0.1, 0.15) is 24.0 Å². The molecule has 2 aromatic carbocycles. The van der Waals surface area contributed by atoms with Gasteiger partial charge in [0.1, 0.15) is 0 Å². The molecule has 1 fully saturated rings. The first-order chi connectivity index (χ1) is 12.0. The molecule has 1 unspecified atom stereocenters. The molecule has 0 saturated carbocycles. The number of carbonyl (C=O) groups excluding carboxylic acids is 1. The maximum Gasteiger partial charge on any atom is 0.228 e. The van der Waals surface area contributed by atoms with Gasteiger partial charge in [0.05, 0.1) is 5.92 Å². The number of anilines is 1. The fourth-order valence-electron chi connectivity index (χ4n) is 3.26. The van der Waals surface area contributed by atoms with Crippen LogP contribution in [0, 0.1) is 12.8 Å². The normalized spacial score (nSPS) is 18.1. The molecule has 1 amide bonds. The molecule has 1 atom stereocenters. The highest BCUT2D eigenvalue weighted by molar-refractivity contribution is 6.31. The molecule has 0 radical (unpaired) electrons. The Hall–Kier alpha value is -1.55. The van der Waals surface area contributed by atoms with Crippen LogP contribution in [-0.4, -0.2) is 23.9 Å². The lowest BCUT2D eigenvalue weighted by Crippen LogP contribution is -2.40. The van der Waals surface area contributed by atoms with Gasteiger partial charge in [0.2, 0.25) is 5.91 Å². The van der Waals surface area contributed by atoms with Crippen LogP contribution < -0.4 is 5.32 Å².